The molecule has 14 heteroatoms. The molecule has 3 aromatic heterocycles. The maximum absolute atomic E-state index is 13.6. The van der Waals surface area contributed by atoms with Gasteiger partial charge in [-0.05, 0) is 25.1 Å². The van der Waals surface area contributed by atoms with Gasteiger partial charge in [-0.3, -0.25) is 9.55 Å². The molecule has 0 amide bonds. The first-order valence-electron chi connectivity index (χ1n) is 11.7. The quantitative estimate of drug-likeness (QED) is 0.287. The third kappa shape index (κ3) is 5.61. The lowest BCUT2D eigenvalue weighted by molar-refractivity contribution is 0.170. The van der Waals surface area contributed by atoms with E-state index in [1.54, 1.807) is 36.4 Å². The fraction of sp³-hybridized carbons (Fsp3) is 0.320. The molecule has 1 aromatic carbocycles. The molecule has 0 saturated heterocycles. The molecule has 3 heterocycles. The van der Waals surface area contributed by atoms with Gasteiger partial charge in [0.05, 0.1) is 51.8 Å². The van der Waals surface area contributed by atoms with E-state index in [-0.39, 0.29) is 23.2 Å². The van der Waals surface area contributed by atoms with Crippen molar-refractivity contribution < 1.29 is 32.5 Å². The van der Waals surface area contributed by atoms with Gasteiger partial charge in [-0.2, -0.15) is 0 Å². The minimum Gasteiger partial charge on any atom is -0.494 e. The third-order valence-electron chi connectivity index (χ3n) is 6.02. The molecule has 0 fully saturated rings. The molecule has 39 heavy (non-hydrogen) atoms. The minimum absolute atomic E-state index is 0.0530. The summed E-state index contributed by atoms with van der Waals surface area (Å²) in [6, 6.07) is 10.2. The van der Waals surface area contributed by atoms with E-state index in [0.29, 0.717) is 28.8 Å². The highest BCUT2D eigenvalue weighted by molar-refractivity contribution is 7.91. The van der Waals surface area contributed by atoms with E-state index in [1.165, 1.54) is 52.3 Å². The van der Waals surface area contributed by atoms with Crippen molar-refractivity contribution in [2.45, 2.75) is 24.0 Å². The van der Waals surface area contributed by atoms with E-state index >= 15 is 0 Å². The molecule has 0 bridgehead atoms. The number of aliphatic hydroxyl groups is 1. The molecule has 2 atom stereocenters. The molecule has 0 radical (unpaired) electrons. The van der Waals surface area contributed by atoms with E-state index in [2.05, 4.69) is 25.1 Å². The van der Waals surface area contributed by atoms with Gasteiger partial charge in [0.1, 0.15) is 34.7 Å². The Balaban J connectivity index is 1.82. The van der Waals surface area contributed by atoms with Crippen molar-refractivity contribution in [1.29, 1.82) is 0 Å². The molecule has 1 N–H and O–H groups in total. The van der Waals surface area contributed by atoms with Gasteiger partial charge in [-0.1, -0.05) is 12.1 Å². The van der Waals surface area contributed by atoms with E-state index < -0.39 is 26.9 Å². The van der Waals surface area contributed by atoms with Gasteiger partial charge in [-0.25, -0.2) is 18.4 Å². The summed E-state index contributed by atoms with van der Waals surface area (Å²) in [5, 5.41) is 18.1. The average Bonchev–Trinajstić information content (AvgIpc) is 3.37. The van der Waals surface area contributed by atoms with Gasteiger partial charge in [0, 0.05) is 6.07 Å². The number of pyridine rings is 1. The van der Waals surface area contributed by atoms with Crippen LogP contribution in [0.2, 0.25) is 0 Å². The van der Waals surface area contributed by atoms with Crippen molar-refractivity contribution in [2.24, 2.45) is 0 Å². The van der Waals surface area contributed by atoms with Crippen molar-refractivity contribution in [3.8, 4) is 40.5 Å². The Hall–Kier alpha value is -4.30. The SMILES string of the molecule is COc1cnc([C@H](O)[C@@H](C)S(=O)(=O)Cc2nnc(-c3cccc(OC)n3)n2-c2c(OC)cccc2OC)cn1. The van der Waals surface area contributed by atoms with Crippen LogP contribution < -0.4 is 18.9 Å². The first kappa shape index (κ1) is 27.7. The van der Waals surface area contributed by atoms with E-state index in [1.807, 2.05) is 0 Å². The van der Waals surface area contributed by atoms with Crippen molar-refractivity contribution >= 4 is 9.84 Å². The van der Waals surface area contributed by atoms with Gasteiger partial charge in [-0.15, -0.1) is 10.2 Å². The van der Waals surface area contributed by atoms with Crippen LogP contribution in [0.5, 0.6) is 23.3 Å². The number of aliphatic hydroxyl groups excluding tert-OH is 1. The number of ether oxygens (including phenoxy) is 4. The van der Waals surface area contributed by atoms with Crippen LogP contribution in [0.25, 0.3) is 17.2 Å². The van der Waals surface area contributed by atoms with Gasteiger partial charge >= 0.3 is 0 Å². The number of rotatable bonds is 11. The maximum Gasteiger partial charge on any atom is 0.231 e. The first-order valence-corrected chi connectivity index (χ1v) is 13.4. The first-order chi connectivity index (χ1) is 18.7. The molecule has 4 rings (SSSR count). The zero-order valence-electron chi connectivity index (χ0n) is 22.0. The molecule has 0 aliphatic carbocycles. The molecular weight excluding hydrogens is 528 g/mol. The second-order valence-electron chi connectivity index (χ2n) is 8.29. The molecule has 0 unspecified atom stereocenters. The van der Waals surface area contributed by atoms with Crippen LogP contribution >= 0.6 is 0 Å². The van der Waals surface area contributed by atoms with Crippen LogP contribution in [-0.4, -0.2) is 76.9 Å². The molecule has 4 aromatic rings. The maximum atomic E-state index is 13.6. The highest BCUT2D eigenvalue weighted by atomic mass is 32.2. The second-order valence-corrected chi connectivity index (χ2v) is 10.7. The Morgan fingerprint density at radius 1 is 0.872 bits per heavy atom. The van der Waals surface area contributed by atoms with Crippen molar-refractivity contribution in [1.82, 2.24) is 29.7 Å². The molecule has 0 aliphatic heterocycles. The van der Waals surface area contributed by atoms with Crippen molar-refractivity contribution in [3.05, 3.63) is 60.3 Å². The number of benzene rings is 1. The molecular formula is C25H28N6O7S. The predicted octanol–water partition coefficient (Wildman–Crippen LogP) is 2.19. The van der Waals surface area contributed by atoms with E-state index in [4.69, 9.17) is 18.9 Å². The van der Waals surface area contributed by atoms with Gasteiger partial charge < -0.3 is 24.1 Å². The van der Waals surface area contributed by atoms with E-state index in [0.717, 1.165) is 0 Å². The highest BCUT2D eigenvalue weighted by Gasteiger charge is 2.34. The van der Waals surface area contributed by atoms with Crippen LogP contribution in [0.4, 0.5) is 0 Å². The fourth-order valence-corrected chi connectivity index (χ4v) is 5.19. The molecule has 0 spiro atoms. The standard InChI is InChI=1S/C25H28N6O7S/c1-15(24(32)17-12-27-22(38-5)13-26-17)39(33,34)14-20-29-30-25(16-8-6-11-21(28-16)37-4)31(20)23-18(35-2)9-7-10-19(23)36-3/h6-13,15,24,32H,14H2,1-5H3/t15-,24-/m1/s1. The lowest BCUT2D eigenvalue weighted by Gasteiger charge is -2.20. The highest BCUT2D eigenvalue weighted by Crippen LogP contribution is 2.37. The van der Waals surface area contributed by atoms with Crippen LogP contribution in [-0.2, 0) is 15.6 Å². The third-order valence-corrected chi connectivity index (χ3v) is 8.07. The number of hydrogen-bond acceptors (Lipinski definition) is 12. The van der Waals surface area contributed by atoms with Crippen LogP contribution in [0.15, 0.2) is 48.8 Å². The second kappa shape index (κ2) is 11.6. The van der Waals surface area contributed by atoms with Crippen molar-refractivity contribution in [3.63, 3.8) is 0 Å². The lowest BCUT2D eigenvalue weighted by Crippen LogP contribution is -2.28. The molecule has 0 saturated carbocycles. The molecule has 206 valence electrons. The van der Waals surface area contributed by atoms with Crippen LogP contribution in [0.3, 0.4) is 0 Å². The zero-order valence-corrected chi connectivity index (χ0v) is 22.8. The number of nitrogens with zero attached hydrogens (tertiary/aromatic N) is 6. The van der Waals surface area contributed by atoms with Crippen LogP contribution in [0.1, 0.15) is 24.5 Å². The molecule has 13 nitrogen and oxygen atoms in total. The van der Waals surface area contributed by atoms with Gasteiger partial charge in [0.15, 0.2) is 21.5 Å². The lowest BCUT2D eigenvalue weighted by atomic mass is 10.2. The number of hydrogen-bond donors (Lipinski definition) is 1. The van der Waals surface area contributed by atoms with Crippen molar-refractivity contribution in [2.75, 3.05) is 28.4 Å². The minimum atomic E-state index is -4.03. The summed E-state index contributed by atoms with van der Waals surface area (Å²) in [5.74, 6) is 1.05. The van der Waals surface area contributed by atoms with Crippen LogP contribution in [0, 0.1) is 0 Å². The summed E-state index contributed by atoms with van der Waals surface area (Å²) in [4.78, 5) is 12.5. The number of aromatic nitrogens is 6. The summed E-state index contributed by atoms with van der Waals surface area (Å²) < 4.78 is 50.0. The Morgan fingerprint density at radius 3 is 2.13 bits per heavy atom. The predicted molar refractivity (Wildman–Crippen MR) is 140 cm³/mol. The number of sulfone groups is 1. The Morgan fingerprint density at radius 2 is 1.54 bits per heavy atom. The number of methoxy groups -OCH3 is 4. The van der Waals surface area contributed by atoms with Gasteiger partial charge in [0.25, 0.3) is 0 Å². The van der Waals surface area contributed by atoms with E-state index in [9.17, 15) is 13.5 Å². The fourth-order valence-electron chi connectivity index (χ4n) is 3.85. The van der Waals surface area contributed by atoms with Gasteiger partial charge in [0.2, 0.25) is 11.8 Å². The Labute approximate surface area is 225 Å². The summed E-state index contributed by atoms with van der Waals surface area (Å²) in [5.41, 5.74) is 0.840. The average molecular weight is 557 g/mol. The largest absolute Gasteiger partial charge is 0.494 e. The number of para-hydroxylation sites is 1. The smallest absolute Gasteiger partial charge is 0.231 e. The summed E-state index contributed by atoms with van der Waals surface area (Å²) in [6.07, 6.45) is 1.12. The topological polar surface area (TPSA) is 161 Å². The summed E-state index contributed by atoms with van der Waals surface area (Å²) >= 11 is 0. The Kier molecular flexibility index (Phi) is 8.26. The monoisotopic (exact) mass is 556 g/mol. The molecule has 0 aliphatic rings. The summed E-state index contributed by atoms with van der Waals surface area (Å²) in [6.45, 7) is 1.39. The zero-order chi connectivity index (χ0) is 28.2. The normalized spacial score (nSPS) is 13.0. The Bertz CT molecular complexity index is 1520. The summed E-state index contributed by atoms with van der Waals surface area (Å²) in [7, 11) is 1.85.